The minimum atomic E-state index is -0.207. The molecule has 0 aromatic heterocycles. The van der Waals surface area contributed by atoms with Gasteiger partial charge in [-0.1, -0.05) is 0 Å². The van der Waals surface area contributed by atoms with Crippen molar-refractivity contribution in [1.82, 2.24) is 0 Å². The molecule has 0 bridgehead atoms. The number of hydrogen-bond acceptors (Lipinski definition) is 6. The number of anilines is 1. The van der Waals surface area contributed by atoms with Gasteiger partial charge in [0.25, 0.3) is 0 Å². The highest BCUT2D eigenvalue weighted by atomic mass is 16.1. The van der Waals surface area contributed by atoms with E-state index in [9.17, 15) is 4.79 Å². The van der Waals surface area contributed by atoms with Gasteiger partial charge in [0.2, 0.25) is 17.8 Å². The second-order valence-electron chi connectivity index (χ2n) is 6.18. The Labute approximate surface area is 174 Å². The minimum absolute atomic E-state index is 0.0150. The Balaban J connectivity index is 3.18. The number of rotatable bonds is 9. The van der Waals surface area contributed by atoms with E-state index >= 15 is 0 Å². The monoisotopic (exact) mass is 416 g/mol. The van der Waals surface area contributed by atoms with Gasteiger partial charge >= 0.3 is 0 Å². The van der Waals surface area contributed by atoms with Crippen LogP contribution >= 0.6 is 0 Å². The van der Waals surface area contributed by atoms with Gasteiger partial charge in [0, 0.05) is 29.8 Å². The molecule has 0 unspecified atom stereocenters. The summed E-state index contributed by atoms with van der Waals surface area (Å²) < 4.78 is 0. The molecule has 162 valence electrons. The molecule has 0 aliphatic carbocycles. The molecular formula is C17H28N12O. The highest BCUT2D eigenvalue weighted by Crippen LogP contribution is 2.18. The van der Waals surface area contributed by atoms with Crippen molar-refractivity contribution < 1.29 is 4.79 Å². The van der Waals surface area contributed by atoms with Crippen LogP contribution in [0.4, 0.5) is 5.69 Å². The third-order valence-corrected chi connectivity index (χ3v) is 3.54. The zero-order valence-electron chi connectivity index (χ0n) is 17.0. The first-order valence-electron chi connectivity index (χ1n) is 8.86. The number of nitrogens with two attached hydrogens (primary N) is 6. The maximum Gasteiger partial charge on any atom is 0.224 e. The lowest BCUT2D eigenvalue weighted by Crippen LogP contribution is -2.23. The van der Waals surface area contributed by atoms with Crippen LogP contribution in [0.1, 0.15) is 37.8 Å². The first kappa shape index (κ1) is 23.9. The van der Waals surface area contributed by atoms with Crippen molar-refractivity contribution in [2.24, 2.45) is 59.8 Å². The third kappa shape index (κ3) is 9.16. The van der Waals surface area contributed by atoms with Crippen molar-refractivity contribution in [1.29, 1.82) is 0 Å². The van der Waals surface area contributed by atoms with E-state index in [0.29, 0.717) is 41.2 Å². The van der Waals surface area contributed by atoms with Crippen molar-refractivity contribution in [3.8, 4) is 0 Å². The van der Waals surface area contributed by atoms with E-state index in [4.69, 9.17) is 34.4 Å². The molecule has 0 fully saturated rings. The molecule has 0 saturated heterocycles. The predicted molar refractivity (Wildman–Crippen MR) is 121 cm³/mol. The molecule has 1 aromatic rings. The van der Waals surface area contributed by atoms with E-state index in [0.717, 1.165) is 0 Å². The summed E-state index contributed by atoms with van der Waals surface area (Å²) in [6, 6.07) is 5.25. The number of carbonyl (C=O) groups is 1. The molecular weight excluding hydrogens is 388 g/mol. The van der Waals surface area contributed by atoms with Crippen LogP contribution < -0.4 is 39.7 Å². The summed E-state index contributed by atoms with van der Waals surface area (Å²) in [5.74, 6) is -0.573. The lowest BCUT2D eigenvalue weighted by atomic mass is 10.0. The maximum absolute atomic E-state index is 12.3. The van der Waals surface area contributed by atoms with Crippen LogP contribution in [0.5, 0.6) is 0 Å². The van der Waals surface area contributed by atoms with Crippen molar-refractivity contribution >= 4 is 40.9 Å². The lowest BCUT2D eigenvalue weighted by Gasteiger charge is -2.10. The van der Waals surface area contributed by atoms with Gasteiger partial charge in [0.05, 0.1) is 11.4 Å². The van der Waals surface area contributed by atoms with E-state index in [2.05, 4.69) is 30.7 Å². The fraction of sp³-hybridized carbons (Fsp3) is 0.294. The number of guanidine groups is 3. The molecule has 13 N–H and O–H groups in total. The average Bonchev–Trinajstić information content (AvgIpc) is 2.67. The Bertz CT molecular complexity index is 849. The van der Waals surface area contributed by atoms with Gasteiger partial charge in [0.1, 0.15) is 0 Å². The van der Waals surface area contributed by atoms with Gasteiger partial charge in [-0.05, 0) is 38.5 Å². The molecule has 0 saturated carbocycles. The van der Waals surface area contributed by atoms with Crippen molar-refractivity contribution in [3.63, 3.8) is 0 Å². The number of aliphatic imine (C=N–C) groups is 1. The Morgan fingerprint density at radius 2 is 1.30 bits per heavy atom. The summed E-state index contributed by atoms with van der Waals surface area (Å²) >= 11 is 0. The van der Waals surface area contributed by atoms with Crippen molar-refractivity contribution in [3.05, 3.63) is 29.3 Å². The number of hydrogen-bond donors (Lipinski definition) is 7. The highest BCUT2D eigenvalue weighted by molar-refractivity contribution is 6.06. The molecule has 0 aliphatic rings. The largest absolute Gasteiger partial charge is 0.370 e. The smallest absolute Gasteiger partial charge is 0.224 e. The van der Waals surface area contributed by atoms with Crippen molar-refractivity contribution in [2.75, 3.05) is 11.9 Å². The second-order valence-corrected chi connectivity index (χ2v) is 6.18. The summed E-state index contributed by atoms with van der Waals surface area (Å²) in [6.07, 6.45) is 0.727. The maximum atomic E-state index is 12.3. The van der Waals surface area contributed by atoms with E-state index < -0.39 is 0 Å². The van der Waals surface area contributed by atoms with E-state index in [1.54, 1.807) is 32.0 Å². The van der Waals surface area contributed by atoms with Gasteiger partial charge in [-0.25, -0.2) is 0 Å². The van der Waals surface area contributed by atoms with Gasteiger partial charge in [-0.15, -0.1) is 10.2 Å². The molecule has 30 heavy (non-hydrogen) atoms. The van der Waals surface area contributed by atoms with Crippen LogP contribution in [-0.4, -0.2) is 41.8 Å². The quantitative estimate of drug-likeness (QED) is 0.110. The number of nitrogens with one attached hydrogen (secondary N) is 1. The summed E-state index contributed by atoms with van der Waals surface area (Å²) in [5, 5.41) is 18.0. The molecule has 0 atom stereocenters. The summed E-state index contributed by atoms with van der Waals surface area (Å²) in [6.45, 7) is 3.79. The average molecular weight is 416 g/mol. The predicted octanol–water partition coefficient (Wildman–Crippen LogP) is -1.33. The minimum Gasteiger partial charge on any atom is -0.370 e. The molecule has 0 heterocycles. The van der Waals surface area contributed by atoms with Crippen LogP contribution in [0, 0.1) is 0 Å². The zero-order valence-corrected chi connectivity index (χ0v) is 17.0. The van der Waals surface area contributed by atoms with E-state index in [1.165, 1.54) is 0 Å². The number of benzene rings is 1. The van der Waals surface area contributed by atoms with Crippen LogP contribution in [0.2, 0.25) is 0 Å². The molecule has 13 heteroatoms. The number of nitrogens with zero attached hydrogens (tertiary/aromatic N) is 5. The number of carbonyl (C=O) groups excluding carboxylic acids is 1. The molecule has 1 rings (SSSR count). The third-order valence-electron chi connectivity index (χ3n) is 3.54. The first-order valence-corrected chi connectivity index (χ1v) is 8.86. The van der Waals surface area contributed by atoms with Crippen molar-refractivity contribution in [2.45, 2.75) is 26.7 Å². The van der Waals surface area contributed by atoms with Gasteiger partial charge in [0.15, 0.2) is 5.96 Å². The van der Waals surface area contributed by atoms with Gasteiger partial charge < -0.3 is 39.7 Å². The Kier molecular flexibility index (Phi) is 9.26. The van der Waals surface area contributed by atoms with E-state index in [-0.39, 0.29) is 30.2 Å². The summed E-state index contributed by atoms with van der Waals surface area (Å²) in [7, 11) is 0. The molecule has 0 radical (unpaired) electrons. The second kappa shape index (κ2) is 11.6. The summed E-state index contributed by atoms with van der Waals surface area (Å²) in [5.41, 5.74) is 34.7. The molecule has 0 spiro atoms. The van der Waals surface area contributed by atoms with Crippen LogP contribution in [0.25, 0.3) is 0 Å². The number of amides is 1. The van der Waals surface area contributed by atoms with Gasteiger partial charge in [-0.2, -0.15) is 10.2 Å². The Morgan fingerprint density at radius 3 is 1.73 bits per heavy atom. The van der Waals surface area contributed by atoms with Gasteiger partial charge in [-0.3, -0.25) is 9.79 Å². The molecule has 1 aromatic carbocycles. The standard InChI is InChI=1S/C17H28N12O/c1-9(26-28-16(20)21)11-6-12(10(2)27-29-17(22)23)8-13(7-11)25-14(30)4-3-5-24-15(18)19/h6-8H,3-5H2,1-2H3,(H,25,30)(H4,18,19,24)(H4,20,21,28)(H4,22,23,29)/b26-9+,27-10+. The summed E-state index contributed by atoms with van der Waals surface area (Å²) in [4.78, 5) is 16.1. The van der Waals surface area contributed by atoms with Crippen LogP contribution in [0.3, 0.4) is 0 Å². The normalized spacial score (nSPS) is 11.4. The molecule has 1 amide bonds. The van der Waals surface area contributed by atoms with Crippen LogP contribution in [-0.2, 0) is 4.79 Å². The first-order chi connectivity index (χ1) is 14.1. The Morgan fingerprint density at radius 1 is 0.800 bits per heavy atom. The zero-order chi connectivity index (χ0) is 22.7. The fourth-order valence-corrected chi connectivity index (χ4v) is 2.17. The highest BCUT2D eigenvalue weighted by Gasteiger charge is 2.09. The molecule has 0 aliphatic heterocycles. The SMILES string of the molecule is C/C(=N\N=C(N)N)c1cc(NC(=O)CCCN=C(N)N)cc(/C(C)=N/N=C(N)N)c1. The lowest BCUT2D eigenvalue weighted by molar-refractivity contribution is -0.116. The van der Waals surface area contributed by atoms with E-state index in [1.807, 2.05) is 0 Å². The Hall–Kier alpha value is -4.16. The molecule has 13 nitrogen and oxygen atoms in total. The topological polar surface area (TPSA) is 247 Å². The fourth-order valence-electron chi connectivity index (χ4n) is 2.17. The van der Waals surface area contributed by atoms with Crippen LogP contribution in [0.15, 0.2) is 43.6 Å².